The molecular weight excluding hydrogens is 408 g/mol. The first-order chi connectivity index (χ1) is 13.8. The molecule has 0 N–H and O–H groups in total. The minimum atomic E-state index is -3.65. The van der Waals surface area contributed by atoms with Crippen molar-refractivity contribution in [1.82, 2.24) is 4.31 Å². The lowest BCUT2D eigenvalue weighted by atomic mass is 10.0. The van der Waals surface area contributed by atoms with Crippen molar-refractivity contribution in [3.05, 3.63) is 58.6 Å². The van der Waals surface area contributed by atoms with Crippen molar-refractivity contribution in [2.75, 3.05) is 18.0 Å². The molecule has 1 fully saturated rings. The van der Waals surface area contributed by atoms with Crippen LogP contribution >= 0.6 is 11.6 Å². The van der Waals surface area contributed by atoms with Crippen molar-refractivity contribution in [3.8, 4) is 0 Å². The van der Waals surface area contributed by atoms with Crippen LogP contribution in [0.4, 0.5) is 5.69 Å². The van der Waals surface area contributed by atoms with Gasteiger partial charge in [0, 0.05) is 24.8 Å². The highest BCUT2D eigenvalue weighted by molar-refractivity contribution is 7.89. The molecule has 2 heterocycles. The van der Waals surface area contributed by atoms with Crippen LogP contribution in [0.25, 0.3) is 0 Å². The largest absolute Gasteiger partial charge is 0.305 e. The lowest BCUT2D eigenvalue weighted by molar-refractivity contribution is 0.0981. The Morgan fingerprint density at radius 2 is 1.76 bits per heavy atom. The number of sulfonamides is 1. The van der Waals surface area contributed by atoms with E-state index in [2.05, 4.69) is 6.92 Å². The lowest BCUT2D eigenvalue weighted by Gasteiger charge is -2.29. The fourth-order valence-corrected chi connectivity index (χ4v) is 5.90. The zero-order valence-corrected chi connectivity index (χ0v) is 18.2. The molecule has 4 rings (SSSR count). The summed E-state index contributed by atoms with van der Waals surface area (Å²) in [5, 5.41) is 0.262. The Bertz CT molecular complexity index is 1050. The molecule has 0 spiro atoms. The molecule has 2 aromatic carbocycles. The summed E-state index contributed by atoms with van der Waals surface area (Å²) in [5.74, 6) is 0.261. The molecule has 0 aliphatic carbocycles. The number of amides is 1. The average Bonchev–Trinajstić information content (AvgIpc) is 3.03. The molecule has 0 aromatic heterocycles. The first kappa shape index (κ1) is 20.4. The summed E-state index contributed by atoms with van der Waals surface area (Å²) in [6, 6.07) is 12.2. The van der Waals surface area contributed by atoms with E-state index in [1.807, 2.05) is 31.2 Å². The summed E-state index contributed by atoms with van der Waals surface area (Å²) in [7, 11) is -3.65. The Balaban J connectivity index is 1.68. The summed E-state index contributed by atoms with van der Waals surface area (Å²) in [6.07, 6.45) is 2.46. The molecule has 154 valence electrons. The van der Waals surface area contributed by atoms with Gasteiger partial charge in [0.1, 0.15) is 0 Å². The van der Waals surface area contributed by atoms with Crippen LogP contribution in [0.15, 0.2) is 47.4 Å². The molecule has 0 bridgehead atoms. The monoisotopic (exact) mass is 432 g/mol. The van der Waals surface area contributed by atoms with Gasteiger partial charge in [-0.05, 0) is 61.9 Å². The van der Waals surface area contributed by atoms with E-state index in [0.717, 1.165) is 30.5 Å². The molecule has 0 unspecified atom stereocenters. The van der Waals surface area contributed by atoms with E-state index in [0.29, 0.717) is 19.0 Å². The molecule has 1 amide bonds. The van der Waals surface area contributed by atoms with Gasteiger partial charge in [-0.1, -0.05) is 36.7 Å². The van der Waals surface area contributed by atoms with E-state index in [1.165, 1.54) is 22.5 Å². The summed E-state index contributed by atoms with van der Waals surface area (Å²) in [4.78, 5) is 15.2. The lowest BCUT2D eigenvalue weighted by Crippen LogP contribution is -2.38. The van der Waals surface area contributed by atoms with Crippen molar-refractivity contribution in [2.24, 2.45) is 5.92 Å². The van der Waals surface area contributed by atoms with Gasteiger partial charge in [-0.2, -0.15) is 4.31 Å². The number of fused-ring (bicyclic) bond motifs is 1. The van der Waals surface area contributed by atoms with Gasteiger partial charge < -0.3 is 4.90 Å². The Hall–Kier alpha value is -1.89. The minimum Gasteiger partial charge on any atom is -0.305 e. The SMILES string of the molecule is CC1CCN(S(=O)(=O)c2ccc(Cl)c(C(=O)N3c4ccccc4C[C@H]3C)c2)CC1. The number of nitrogens with zero attached hydrogens (tertiary/aromatic N) is 2. The standard InChI is InChI=1S/C22H25ClN2O3S/c1-15-9-11-24(12-10-15)29(27,28)18-7-8-20(23)19(14-18)22(26)25-16(2)13-17-5-3-4-6-21(17)25/h3-8,14-16H,9-13H2,1-2H3/t16-/m1/s1. The van der Waals surface area contributed by atoms with Crippen LogP contribution in [0.5, 0.6) is 0 Å². The molecule has 29 heavy (non-hydrogen) atoms. The van der Waals surface area contributed by atoms with Crippen LogP contribution in [-0.2, 0) is 16.4 Å². The maximum Gasteiger partial charge on any atom is 0.260 e. The number of anilines is 1. The highest BCUT2D eigenvalue weighted by Gasteiger charge is 2.34. The Kier molecular flexibility index (Phi) is 5.44. The average molecular weight is 433 g/mol. The number of hydrogen-bond acceptors (Lipinski definition) is 3. The summed E-state index contributed by atoms with van der Waals surface area (Å²) < 4.78 is 27.8. The Morgan fingerprint density at radius 3 is 2.48 bits per heavy atom. The molecule has 1 atom stereocenters. The predicted octanol–water partition coefficient (Wildman–Crippen LogP) is 4.35. The van der Waals surface area contributed by atoms with Crippen LogP contribution in [0.1, 0.15) is 42.6 Å². The summed E-state index contributed by atoms with van der Waals surface area (Å²) in [5.41, 5.74) is 2.19. The van der Waals surface area contributed by atoms with Gasteiger partial charge in [0.05, 0.1) is 15.5 Å². The van der Waals surface area contributed by atoms with Crippen molar-refractivity contribution >= 4 is 33.2 Å². The van der Waals surface area contributed by atoms with E-state index < -0.39 is 10.0 Å². The summed E-state index contributed by atoms with van der Waals surface area (Å²) >= 11 is 6.34. The molecule has 2 aliphatic heterocycles. The number of rotatable bonds is 3. The van der Waals surface area contributed by atoms with Crippen molar-refractivity contribution in [2.45, 2.75) is 44.0 Å². The van der Waals surface area contributed by atoms with Crippen molar-refractivity contribution in [3.63, 3.8) is 0 Å². The van der Waals surface area contributed by atoms with Gasteiger partial charge in [0.2, 0.25) is 10.0 Å². The van der Waals surface area contributed by atoms with Crippen LogP contribution < -0.4 is 4.90 Å². The molecule has 2 aliphatic rings. The van der Waals surface area contributed by atoms with Crippen LogP contribution in [-0.4, -0.2) is 37.8 Å². The highest BCUT2D eigenvalue weighted by Crippen LogP contribution is 2.35. The molecule has 0 radical (unpaired) electrons. The second kappa shape index (κ2) is 7.74. The zero-order chi connectivity index (χ0) is 20.8. The topological polar surface area (TPSA) is 57.7 Å². The van der Waals surface area contributed by atoms with Gasteiger partial charge in [0.15, 0.2) is 0 Å². The molecule has 1 saturated heterocycles. The van der Waals surface area contributed by atoms with E-state index in [-0.39, 0.29) is 27.4 Å². The second-order valence-corrected chi connectivity index (χ2v) is 10.4. The van der Waals surface area contributed by atoms with Gasteiger partial charge in [-0.25, -0.2) is 8.42 Å². The van der Waals surface area contributed by atoms with E-state index in [1.54, 1.807) is 4.90 Å². The number of halogens is 1. The third kappa shape index (κ3) is 3.69. The van der Waals surface area contributed by atoms with E-state index in [4.69, 9.17) is 11.6 Å². The van der Waals surface area contributed by atoms with Gasteiger partial charge in [-0.3, -0.25) is 4.79 Å². The van der Waals surface area contributed by atoms with Crippen LogP contribution in [0, 0.1) is 5.92 Å². The van der Waals surface area contributed by atoms with Crippen molar-refractivity contribution in [1.29, 1.82) is 0 Å². The Morgan fingerprint density at radius 1 is 1.07 bits per heavy atom. The maximum absolute atomic E-state index is 13.4. The number of piperidine rings is 1. The quantitative estimate of drug-likeness (QED) is 0.724. The van der Waals surface area contributed by atoms with E-state index >= 15 is 0 Å². The number of hydrogen-bond donors (Lipinski definition) is 0. The smallest absolute Gasteiger partial charge is 0.260 e. The van der Waals surface area contributed by atoms with Gasteiger partial charge in [0.25, 0.3) is 5.91 Å². The molecule has 2 aromatic rings. The molecule has 7 heteroatoms. The van der Waals surface area contributed by atoms with Crippen LogP contribution in [0.2, 0.25) is 5.02 Å². The highest BCUT2D eigenvalue weighted by atomic mass is 35.5. The molecular formula is C22H25ClN2O3S. The van der Waals surface area contributed by atoms with Gasteiger partial charge in [-0.15, -0.1) is 0 Å². The maximum atomic E-state index is 13.4. The first-order valence-electron chi connectivity index (χ1n) is 10.00. The van der Waals surface area contributed by atoms with Crippen molar-refractivity contribution < 1.29 is 13.2 Å². The van der Waals surface area contributed by atoms with Crippen LogP contribution in [0.3, 0.4) is 0 Å². The molecule has 5 nitrogen and oxygen atoms in total. The number of carbonyl (C=O) groups is 1. The van der Waals surface area contributed by atoms with E-state index in [9.17, 15) is 13.2 Å². The fraction of sp³-hybridized carbons (Fsp3) is 0.409. The third-order valence-corrected chi connectivity index (χ3v) is 8.20. The number of benzene rings is 2. The predicted molar refractivity (Wildman–Crippen MR) is 115 cm³/mol. The summed E-state index contributed by atoms with van der Waals surface area (Å²) in [6.45, 7) is 5.14. The zero-order valence-electron chi connectivity index (χ0n) is 16.6. The molecule has 0 saturated carbocycles. The van der Waals surface area contributed by atoms with Gasteiger partial charge >= 0.3 is 0 Å². The first-order valence-corrected chi connectivity index (χ1v) is 11.8. The minimum absolute atomic E-state index is 0.0141. The fourth-order valence-electron chi connectivity index (χ4n) is 4.21. The number of carbonyl (C=O) groups excluding carboxylic acids is 1. The normalized spacial score (nSPS) is 20.7. The number of para-hydroxylation sites is 1. The third-order valence-electron chi connectivity index (χ3n) is 5.97. The Labute approximate surface area is 177 Å². The second-order valence-electron chi connectivity index (χ2n) is 8.09.